The molecule has 1 aromatic rings. The molecule has 1 fully saturated rings. The van der Waals surface area contributed by atoms with E-state index in [2.05, 4.69) is 16.5 Å². The monoisotopic (exact) mass is 228 g/mol. The topological polar surface area (TPSA) is 27.1 Å². The van der Waals surface area contributed by atoms with E-state index >= 15 is 0 Å². The minimum atomic E-state index is 0.315. The predicted octanol–water partition coefficient (Wildman–Crippen LogP) is 2.75. The molecule has 4 heteroatoms. The fourth-order valence-corrected chi connectivity index (χ4v) is 2.33. The Bertz CT molecular complexity index is 307. The molecule has 84 valence electrons. The van der Waals surface area contributed by atoms with Gasteiger partial charge in [-0.25, -0.2) is 4.98 Å². The van der Waals surface area contributed by atoms with Crippen LogP contribution in [0.2, 0.25) is 0 Å². The summed E-state index contributed by atoms with van der Waals surface area (Å²) in [4.78, 5) is 4.13. The quantitative estimate of drug-likeness (QED) is 0.744. The molecule has 0 saturated carbocycles. The van der Waals surface area contributed by atoms with E-state index in [0.717, 1.165) is 18.7 Å². The number of hydrogen-bond acceptors (Lipinski definition) is 2. The SMILES string of the molecule is CC(C1CCCCO1)n1cncc1CCl. The van der Waals surface area contributed by atoms with Crippen LogP contribution in [-0.2, 0) is 10.6 Å². The van der Waals surface area contributed by atoms with Crippen molar-refractivity contribution in [2.45, 2.75) is 44.2 Å². The van der Waals surface area contributed by atoms with Gasteiger partial charge in [-0.05, 0) is 26.2 Å². The molecule has 15 heavy (non-hydrogen) atoms. The fourth-order valence-electron chi connectivity index (χ4n) is 2.13. The van der Waals surface area contributed by atoms with Crippen molar-refractivity contribution in [1.82, 2.24) is 9.55 Å². The Morgan fingerprint density at radius 3 is 3.20 bits per heavy atom. The molecule has 1 aliphatic rings. The third-order valence-electron chi connectivity index (χ3n) is 3.07. The summed E-state index contributed by atoms with van der Waals surface area (Å²) in [6, 6.07) is 0.335. The number of ether oxygens (including phenoxy) is 1. The van der Waals surface area contributed by atoms with Crippen LogP contribution in [0.25, 0.3) is 0 Å². The van der Waals surface area contributed by atoms with Gasteiger partial charge in [-0.3, -0.25) is 0 Å². The molecular weight excluding hydrogens is 212 g/mol. The summed E-state index contributed by atoms with van der Waals surface area (Å²) in [5.74, 6) is 0.511. The molecule has 1 aromatic heterocycles. The first kappa shape index (κ1) is 11.0. The molecule has 0 radical (unpaired) electrons. The third-order valence-corrected chi connectivity index (χ3v) is 3.35. The minimum Gasteiger partial charge on any atom is -0.376 e. The van der Waals surface area contributed by atoms with Crippen LogP contribution in [0, 0.1) is 0 Å². The van der Waals surface area contributed by atoms with Crippen molar-refractivity contribution >= 4 is 11.6 Å². The van der Waals surface area contributed by atoms with Gasteiger partial charge in [0.25, 0.3) is 0 Å². The number of nitrogens with zero attached hydrogens (tertiary/aromatic N) is 2. The highest BCUT2D eigenvalue weighted by atomic mass is 35.5. The molecule has 2 atom stereocenters. The first-order valence-corrected chi connectivity index (χ1v) is 6.04. The van der Waals surface area contributed by atoms with Crippen molar-refractivity contribution < 1.29 is 4.74 Å². The molecule has 1 saturated heterocycles. The smallest absolute Gasteiger partial charge is 0.0951 e. The van der Waals surface area contributed by atoms with Crippen LogP contribution in [0.4, 0.5) is 0 Å². The standard InChI is InChI=1S/C11H17ClN2O/c1-9(11-4-2-3-5-15-11)14-8-13-7-10(14)6-12/h7-9,11H,2-6H2,1H3. The summed E-state index contributed by atoms with van der Waals surface area (Å²) < 4.78 is 7.90. The second-order valence-electron chi connectivity index (χ2n) is 4.07. The molecule has 0 aromatic carbocycles. The lowest BCUT2D eigenvalue weighted by molar-refractivity contribution is -0.0127. The Balaban J connectivity index is 2.08. The Labute approximate surface area is 95.4 Å². The number of rotatable bonds is 3. The second-order valence-corrected chi connectivity index (χ2v) is 4.34. The van der Waals surface area contributed by atoms with E-state index in [1.165, 1.54) is 12.8 Å². The Morgan fingerprint density at radius 2 is 2.53 bits per heavy atom. The van der Waals surface area contributed by atoms with Crippen molar-refractivity contribution in [3.05, 3.63) is 18.2 Å². The van der Waals surface area contributed by atoms with E-state index in [4.69, 9.17) is 16.3 Å². The second kappa shape index (κ2) is 4.99. The summed E-state index contributed by atoms with van der Waals surface area (Å²) in [7, 11) is 0. The molecule has 0 spiro atoms. The van der Waals surface area contributed by atoms with Crippen molar-refractivity contribution in [2.24, 2.45) is 0 Å². The summed E-state index contributed by atoms with van der Waals surface area (Å²) in [5, 5.41) is 0. The van der Waals surface area contributed by atoms with E-state index in [0.29, 0.717) is 18.0 Å². The minimum absolute atomic E-state index is 0.315. The molecule has 0 aliphatic carbocycles. The van der Waals surface area contributed by atoms with E-state index < -0.39 is 0 Å². The summed E-state index contributed by atoms with van der Waals surface area (Å²) in [6.45, 7) is 3.06. The lowest BCUT2D eigenvalue weighted by Gasteiger charge is -2.29. The Hall–Kier alpha value is -0.540. The number of alkyl halides is 1. The zero-order chi connectivity index (χ0) is 10.7. The molecule has 2 unspecified atom stereocenters. The maximum absolute atomic E-state index is 5.85. The van der Waals surface area contributed by atoms with Crippen LogP contribution in [0.5, 0.6) is 0 Å². The van der Waals surface area contributed by atoms with E-state index in [1.807, 2.05) is 12.5 Å². The highest BCUT2D eigenvalue weighted by Gasteiger charge is 2.23. The molecule has 2 heterocycles. The van der Waals surface area contributed by atoms with Crippen molar-refractivity contribution in [1.29, 1.82) is 0 Å². The van der Waals surface area contributed by atoms with Crippen LogP contribution < -0.4 is 0 Å². The number of imidazole rings is 1. The first-order valence-electron chi connectivity index (χ1n) is 5.51. The average Bonchev–Trinajstić information content (AvgIpc) is 2.77. The summed E-state index contributed by atoms with van der Waals surface area (Å²) in [6.07, 6.45) is 7.58. The molecule has 0 amide bonds. The van der Waals surface area contributed by atoms with Gasteiger partial charge in [0.1, 0.15) is 0 Å². The summed E-state index contributed by atoms with van der Waals surface area (Å²) >= 11 is 5.85. The van der Waals surface area contributed by atoms with Gasteiger partial charge >= 0.3 is 0 Å². The molecule has 0 N–H and O–H groups in total. The van der Waals surface area contributed by atoms with Crippen LogP contribution in [-0.4, -0.2) is 22.3 Å². The van der Waals surface area contributed by atoms with E-state index in [9.17, 15) is 0 Å². The lowest BCUT2D eigenvalue weighted by Crippen LogP contribution is -2.28. The third kappa shape index (κ3) is 2.34. The molecule has 3 nitrogen and oxygen atoms in total. The van der Waals surface area contributed by atoms with Gasteiger partial charge < -0.3 is 9.30 Å². The highest BCUT2D eigenvalue weighted by Crippen LogP contribution is 2.25. The van der Waals surface area contributed by atoms with Gasteiger partial charge in [-0.2, -0.15) is 0 Å². The lowest BCUT2D eigenvalue weighted by atomic mass is 10.0. The Morgan fingerprint density at radius 1 is 1.67 bits per heavy atom. The number of halogens is 1. The molecule has 1 aliphatic heterocycles. The van der Waals surface area contributed by atoms with Gasteiger partial charge in [0.15, 0.2) is 0 Å². The number of hydrogen-bond donors (Lipinski definition) is 0. The maximum atomic E-state index is 5.85. The van der Waals surface area contributed by atoms with Gasteiger partial charge in [0.2, 0.25) is 0 Å². The van der Waals surface area contributed by atoms with Crippen molar-refractivity contribution in [2.75, 3.05) is 6.61 Å². The van der Waals surface area contributed by atoms with Crippen molar-refractivity contribution in [3.8, 4) is 0 Å². The molecule has 0 bridgehead atoms. The zero-order valence-corrected chi connectivity index (χ0v) is 9.78. The van der Waals surface area contributed by atoms with Gasteiger partial charge in [0, 0.05) is 12.8 Å². The van der Waals surface area contributed by atoms with Crippen LogP contribution in [0.1, 0.15) is 37.9 Å². The first-order chi connectivity index (χ1) is 7.33. The van der Waals surface area contributed by atoms with Crippen LogP contribution in [0.3, 0.4) is 0 Å². The maximum Gasteiger partial charge on any atom is 0.0951 e. The summed E-state index contributed by atoms with van der Waals surface area (Å²) in [5.41, 5.74) is 1.07. The predicted molar refractivity (Wildman–Crippen MR) is 60.1 cm³/mol. The zero-order valence-electron chi connectivity index (χ0n) is 9.03. The molecule has 2 rings (SSSR count). The van der Waals surface area contributed by atoms with Gasteiger partial charge in [-0.1, -0.05) is 0 Å². The van der Waals surface area contributed by atoms with Gasteiger partial charge in [0.05, 0.1) is 30.0 Å². The Kier molecular flexibility index (Phi) is 3.65. The van der Waals surface area contributed by atoms with E-state index in [-0.39, 0.29) is 0 Å². The van der Waals surface area contributed by atoms with Gasteiger partial charge in [-0.15, -0.1) is 11.6 Å². The van der Waals surface area contributed by atoms with Crippen LogP contribution in [0.15, 0.2) is 12.5 Å². The largest absolute Gasteiger partial charge is 0.376 e. The number of aromatic nitrogens is 2. The molecular formula is C11H17ClN2O. The van der Waals surface area contributed by atoms with Crippen molar-refractivity contribution in [3.63, 3.8) is 0 Å². The van der Waals surface area contributed by atoms with E-state index in [1.54, 1.807) is 0 Å². The fraction of sp³-hybridized carbons (Fsp3) is 0.727. The van der Waals surface area contributed by atoms with Crippen LogP contribution >= 0.6 is 11.6 Å². The highest BCUT2D eigenvalue weighted by molar-refractivity contribution is 6.16. The average molecular weight is 229 g/mol. The normalized spacial score (nSPS) is 24.0.